The van der Waals surface area contributed by atoms with Gasteiger partial charge in [0.05, 0.1) is 7.11 Å². The quantitative estimate of drug-likeness (QED) is 0.249. The molecule has 0 spiro atoms. The summed E-state index contributed by atoms with van der Waals surface area (Å²) in [7, 11) is -3.87. The van der Waals surface area contributed by atoms with Gasteiger partial charge in [-0.1, -0.05) is 30.3 Å². The van der Waals surface area contributed by atoms with Crippen LogP contribution in [0.25, 0.3) is 0 Å². The molecule has 0 aliphatic heterocycles. The highest BCUT2D eigenvalue weighted by atomic mass is 32.2. The highest BCUT2D eigenvalue weighted by molar-refractivity contribution is 7.88. The summed E-state index contributed by atoms with van der Waals surface area (Å²) in [6, 6.07) is 10.7. The van der Waals surface area contributed by atoms with Crippen molar-refractivity contribution in [2.24, 2.45) is 0 Å². The van der Waals surface area contributed by atoms with Crippen molar-refractivity contribution in [2.45, 2.75) is 12.1 Å². The van der Waals surface area contributed by atoms with Crippen molar-refractivity contribution in [3.05, 3.63) is 53.6 Å². The van der Waals surface area contributed by atoms with Gasteiger partial charge in [-0.3, -0.25) is 0 Å². The van der Waals surface area contributed by atoms with E-state index in [2.05, 4.69) is 8.92 Å². The second kappa shape index (κ2) is 9.67. The van der Waals surface area contributed by atoms with Crippen LogP contribution in [-0.4, -0.2) is 40.9 Å². The molecule has 12 heteroatoms. The van der Waals surface area contributed by atoms with Gasteiger partial charge in [-0.25, -0.2) is 4.79 Å². The topological polar surface area (TPSA) is 97.4 Å². The van der Waals surface area contributed by atoms with E-state index in [1.807, 2.05) is 0 Å². The average molecular weight is 450 g/mol. The number of ether oxygens (including phenoxy) is 4. The van der Waals surface area contributed by atoms with Gasteiger partial charge >= 0.3 is 21.6 Å². The Morgan fingerprint density at radius 2 is 1.63 bits per heavy atom. The van der Waals surface area contributed by atoms with Crippen LogP contribution >= 0.6 is 0 Å². The molecule has 30 heavy (non-hydrogen) atoms. The highest BCUT2D eigenvalue weighted by Crippen LogP contribution is 2.38. The molecule has 0 amide bonds. The lowest BCUT2D eigenvalue weighted by molar-refractivity contribution is -0.0500. The molecule has 0 unspecified atom stereocenters. The Bertz CT molecular complexity index is 975. The van der Waals surface area contributed by atoms with Crippen LogP contribution in [-0.2, 0) is 26.2 Å². The van der Waals surface area contributed by atoms with E-state index in [1.165, 1.54) is 13.2 Å². The summed E-state index contributed by atoms with van der Waals surface area (Å²) in [6.07, 6.45) is 0. The summed E-state index contributed by atoms with van der Waals surface area (Å²) in [5.74, 6) is -2.65. The molecule has 0 aromatic heterocycles. The zero-order valence-electron chi connectivity index (χ0n) is 15.8. The van der Waals surface area contributed by atoms with Crippen LogP contribution in [0.2, 0.25) is 0 Å². The molecule has 164 valence electrons. The monoisotopic (exact) mass is 450 g/mol. The Kier molecular flexibility index (Phi) is 7.51. The van der Waals surface area contributed by atoms with Crippen molar-refractivity contribution in [3.63, 3.8) is 0 Å². The van der Waals surface area contributed by atoms with Gasteiger partial charge in [-0.15, -0.1) is 0 Å². The van der Waals surface area contributed by atoms with E-state index in [-0.39, 0.29) is 18.1 Å². The third-order valence-electron chi connectivity index (χ3n) is 3.49. The van der Waals surface area contributed by atoms with Gasteiger partial charge in [0.1, 0.15) is 23.7 Å². The van der Waals surface area contributed by atoms with E-state index in [1.54, 1.807) is 30.3 Å². The lowest BCUT2D eigenvalue weighted by Gasteiger charge is -2.17. The van der Waals surface area contributed by atoms with Gasteiger partial charge in [0.25, 0.3) is 0 Å². The van der Waals surface area contributed by atoms with Gasteiger partial charge < -0.3 is 23.1 Å². The number of carbonyl (C=O) groups is 1. The van der Waals surface area contributed by atoms with Gasteiger partial charge in [0.2, 0.25) is 0 Å². The fourth-order valence-corrected chi connectivity index (χ4v) is 2.62. The smallest absolute Gasteiger partial charge is 0.489 e. The highest BCUT2D eigenvalue weighted by Gasteiger charge is 2.49. The first-order valence-electron chi connectivity index (χ1n) is 8.14. The van der Waals surface area contributed by atoms with Crippen LogP contribution in [0.4, 0.5) is 13.2 Å². The maximum absolute atomic E-state index is 12.8. The summed E-state index contributed by atoms with van der Waals surface area (Å²) in [4.78, 5) is 12.1. The number of alkyl halides is 3. The van der Waals surface area contributed by atoms with Crippen molar-refractivity contribution < 1.29 is 49.5 Å². The van der Waals surface area contributed by atoms with Crippen molar-refractivity contribution >= 4 is 16.1 Å². The van der Waals surface area contributed by atoms with Crippen LogP contribution in [0.1, 0.15) is 15.9 Å². The minimum Gasteiger partial charge on any atom is -0.489 e. The predicted molar refractivity (Wildman–Crippen MR) is 96.7 cm³/mol. The second-order valence-electron chi connectivity index (χ2n) is 5.59. The van der Waals surface area contributed by atoms with E-state index < -0.39 is 39.7 Å². The number of carbonyl (C=O) groups excluding carboxylic acids is 1. The third kappa shape index (κ3) is 5.76. The summed E-state index contributed by atoms with van der Waals surface area (Å²) in [5.41, 5.74) is -5.69. The Morgan fingerprint density at radius 1 is 1.00 bits per heavy atom. The zero-order valence-corrected chi connectivity index (χ0v) is 16.6. The molecule has 0 radical (unpaired) electrons. The zero-order chi connectivity index (χ0) is 22.4. The molecule has 0 atom stereocenters. The fraction of sp³-hybridized carbons (Fsp3) is 0.278. The van der Waals surface area contributed by atoms with E-state index in [0.717, 1.165) is 18.7 Å². The first-order valence-corrected chi connectivity index (χ1v) is 9.55. The lowest BCUT2D eigenvalue weighted by Crippen LogP contribution is -2.28. The summed E-state index contributed by atoms with van der Waals surface area (Å²) in [5, 5.41) is 0. The number of hydrogen-bond acceptors (Lipinski definition) is 8. The van der Waals surface area contributed by atoms with Crippen LogP contribution in [0.3, 0.4) is 0 Å². The van der Waals surface area contributed by atoms with Gasteiger partial charge in [-0.2, -0.15) is 21.6 Å². The van der Waals surface area contributed by atoms with Crippen LogP contribution in [0, 0.1) is 0 Å². The number of esters is 1. The normalized spacial score (nSPS) is 11.6. The molecule has 0 saturated heterocycles. The van der Waals surface area contributed by atoms with E-state index in [0.29, 0.717) is 0 Å². The number of rotatable bonds is 9. The minimum atomic E-state index is -6.09. The number of halogens is 3. The van der Waals surface area contributed by atoms with E-state index in [9.17, 15) is 26.4 Å². The van der Waals surface area contributed by atoms with Crippen LogP contribution in [0.15, 0.2) is 42.5 Å². The molecule has 0 N–H and O–H groups in total. The molecular formula is C18H17F3O8S. The fourth-order valence-electron chi connectivity index (χ4n) is 2.16. The summed E-state index contributed by atoms with van der Waals surface area (Å²) in [6.45, 7) is -0.412. The molecule has 2 rings (SSSR count). The van der Waals surface area contributed by atoms with Crippen LogP contribution < -0.4 is 13.7 Å². The summed E-state index contributed by atoms with van der Waals surface area (Å²) < 4.78 is 85.5. The van der Waals surface area contributed by atoms with E-state index >= 15 is 0 Å². The van der Waals surface area contributed by atoms with Crippen molar-refractivity contribution in [2.75, 3.05) is 21.0 Å². The number of benzene rings is 2. The maximum atomic E-state index is 12.8. The number of methoxy groups -OCH3 is 2. The molecule has 0 fully saturated rings. The standard InChI is InChI=1S/C18H17F3O8S/c1-25-11-28-14-8-13(27-10-12-6-4-3-5-7-12)9-15(16(14)17(22)26-2)29-30(23,24)18(19,20)21/h3-9H,10-11H2,1-2H3. The largest absolute Gasteiger partial charge is 0.534 e. The SMILES string of the molecule is COCOc1cc(OCc2ccccc2)cc(OS(=O)(=O)C(F)(F)F)c1C(=O)OC. The molecular weight excluding hydrogens is 433 g/mol. The summed E-state index contributed by atoms with van der Waals surface area (Å²) >= 11 is 0. The Morgan fingerprint density at radius 3 is 2.20 bits per heavy atom. The predicted octanol–water partition coefficient (Wildman–Crippen LogP) is 3.26. The first kappa shape index (κ1) is 23.3. The van der Waals surface area contributed by atoms with Gasteiger partial charge in [0, 0.05) is 19.2 Å². The average Bonchev–Trinajstić information content (AvgIpc) is 2.69. The van der Waals surface area contributed by atoms with Crippen LogP contribution in [0.5, 0.6) is 17.2 Å². The first-order chi connectivity index (χ1) is 14.1. The second-order valence-corrected chi connectivity index (χ2v) is 7.13. The molecule has 8 nitrogen and oxygen atoms in total. The van der Waals surface area contributed by atoms with Crippen molar-refractivity contribution in [1.29, 1.82) is 0 Å². The lowest BCUT2D eigenvalue weighted by atomic mass is 10.1. The Balaban J connectivity index is 2.51. The Hall–Kier alpha value is -2.99. The molecule has 0 bridgehead atoms. The molecule has 0 heterocycles. The maximum Gasteiger partial charge on any atom is 0.534 e. The number of hydrogen-bond donors (Lipinski definition) is 0. The van der Waals surface area contributed by atoms with Gasteiger partial charge in [0.15, 0.2) is 12.5 Å². The minimum absolute atomic E-state index is 0.00636. The van der Waals surface area contributed by atoms with Crippen molar-refractivity contribution in [3.8, 4) is 17.2 Å². The molecule has 2 aromatic rings. The third-order valence-corrected chi connectivity index (χ3v) is 4.46. The molecule has 0 saturated carbocycles. The molecule has 2 aromatic carbocycles. The van der Waals surface area contributed by atoms with Gasteiger partial charge in [-0.05, 0) is 5.56 Å². The Labute approximate surface area is 170 Å². The van der Waals surface area contributed by atoms with Crippen molar-refractivity contribution in [1.82, 2.24) is 0 Å². The van der Waals surface area contributed by atoms with E-state index in [4.69, 9.17) is 14.2 Å². The molecule has 0 aliphatic carbocycles. The molecule has 0 aliphatic rings.